The van der Waals surface area contributed by atoms with Gasteiger partial charge in [0.15, 0.2) is 5.96 Å². The van der Waals surface area contributed by atoms with Crippen LogP contribution in [0.1, 0.15) is 37.7 Å². The molecule has 1 aromatic carbocycles. The van der Waals surface area contributed by atoms with Crippen molar-refractivity contribution < 1.29 is 8.78 Å². The molecule has 0 aliphatic heterocycles. The van der Waals surface area contributed by atoms with Crippen LogP contribution in [0.3, 0.4) is 0 Å². The van der Waals surface area contributed by atoms with Crippen molar-refractivity contribution in [2.24, 2.45) is 4.99 Å². The molecule has 0 amide bonds. The van der Waals surface area contributed by atoms with Gasteiger partial charge in [0.2, 0.25) is 0 Å². The fourth-order valence-corrected chi connectivity index (χ4v) is 2.71. The van der Waals surface area contributed by atoms with Crippen LogP contribution in [0.5, 0.6) is 0 Å². The van der Waals surface area contributed by atoms with E-state index in [4.69, 9.17) is 0 Å². The number of allylic oxidation sites excluding steroid dienone is 1. The van der Waals surface area contributed by atoms with Gasteiger partial charge in [0, 0.05) is 37.7 Å². The summed E-state index contributed by atoms with van der Waals surface area (Å²) >= 11 is 0. The van der Waals surface area contributed by atoms with Crippen LogP contribution in [0.15, 0.2) is 35.8 Å². The van der Waals surface area contributed by atoms with Gasteiger partial charge >= 0.3 is 0 Å². The minimum absolute atomic E-state index is 0.0357. The van der Waals surface area contributed by atoms with E-state index >= 15 is 0 Å². The number of hydrogen-bond acceptors (Lipinski definition) is 1. The number of halogens is 2. The van der Waals surface area contributed by atoms with Crippen LogP contribution in [0.2, 0.25) is 0 Å². The van der Waals surface area contributed by atoms with Gasteiger partial charge in [-0.25, -0.2) is 8.78 Å². The molecule has 0 saturated heterocycles. The van der Waals surface area contributed by atoms with E-state index in [1.807, 2.05) is 20.0 Å². The van der Waals surface area contributed by atoms with Crippen molar-refractivity contribution in [1.82, 2.24) is 10.2 Å². The molecule has 2 unspecified atom stereocenters. The maximum absolute atomic E-state index is 13.8. The predicted molar refractivity (Wildman–Crippen MR) is 90.7 cm³/mol. The molecule has 126 valence electrons. The lowest BCUT2D eigenvalue weighted by Gasteiger charge is -2.22. The van der Waals surface area contributed by atoms with E-state index in [1.54, 1.807) is 0 Å². The number of benzene rings is 1. The van der Waals surface area contributed by atoms with E-state index in [9.17, 15) is 8.78 Å². The molecule has 2 rings (SSSR count). The zero-order valence-electron chi connectivity index (χ0n) is 13.9. The molecule has 2 atom stereocenters. The van der Waals surface area contributed by atoms with Crippen molar-refractivity contribution in [1.29, 1.82) is 0 Å². The third-order valence-corrected chi connectivity index (χ3v) is 4.05. The zero-order chi connectivity index (χ0) is 16.8. The van der Waals surface area contributed by atoms with Gasteiger partial charge in [-0.15, -0.1) is 6.58 Å². The third-order valence-electron chi connectivity index (χ3n) is 4.05. The Morgan fingerprint density at radius 3 is 2.74 bits per heavy atom. The second-order valence-corrected chi connectivity index (χ2v) is 5.88. The Labute approximate surface area is 137 Å². The topological polar surface area (TPSA) is 27.6 Å². The molecule has 0 aromatic heterocycles. The summed E-state index contributed by atoms with van der Waals surface area (Å²) in [6, 6.07) is 4.07. The van der Waals surface area contributed by atoms with E-state index in [0.717, 1.165) is 31.8 Å². The van der Waals surface area contributed by atoms with Crippen LogP contribution in [-0.4, -0.2) is 37.0 Å². The molecular weight excluding hydrogens is 296 g/mol. The molecule has 0 spiro atoms. The summed E-state index contributed by atoms with van der Waals surface area (Å²) < 4.78 is 27.7. The molecule has 0 heterocycles. The van der Waals surface area contributed by atoms with Gasteiger partial charge < -0.3 is 10.2 Å². The quantitative estimate of drug-likeness (QED) is 0.359. The third kappa shape index (κ3) is 4.53. The SMILES string of the molecule is C=CCCCN(C)C(=NCC)NC1CC1c1c(F)cccc1F. The maximum atomic E-state index is 13.8. The molecular formula is C18H25F2N3. The van der Waals surface area contributed by atoms with Gasteiger partial charge in [0.05, 0.1) is 0 Å². The first-order valence-corrected chi connectivity index (χ1v) is 8.15. The number of hydrogen-bond donors (Lipinski definition) is 1. The minimum atomic E-state index is -0.465. The number of nitrogens with zero attached hydrogens (tertiary/aromatic N) is 2. The molecule has 23 heavy (non-hydrogen) atoms. The molecule has 1 aliphatic rings. The number of nitrogens with one attached hydrogen (secondary N) is 1. The lowest BCUT2D eigenvalue weighted by molar-refractivity contribution is 0.467. The van der Waals surface area contributed by atoms with E-state index in [-0.39, 0.29) is 17.5 Å². The van der Waals surface area contributed by atoms with Crippen molar-refractivity contribution >= 4 is 5.96 Å². The number of rotatable bonds is 7. The average molecular weight is 321 g/mol. The van der Waals surface area contributed by atoms with Crippen LogP contribution in [0.25, 0.3) is 0 Å². The Morgan fingerprint density at radius 2 is 2.13 bits per heavy atom. The number of unbranched alkanes of at least 4 members (excludes halogenated alkanes) is 1. The van der Waals surface area contributed by atoms with E-state index in [0.29, 0.717) is 6.54 Å². The summed E-state index contributed by atoms with van der Waals surface area (Å²) in [6.45, 7) is 7.22. The lowest BCUT2D eigenvalue weighted by atomic mass is 10.1. The fraction of sp³-hybridized carbons (Fsp3) is 0.500. The molecule has 3 nitrogen and oxygen atoms in total. The zero-order valence-corrected chi connectivity index (χ0v) is 13.9. The van der Waals surface area contributed by atoms with Crippen molar-refractivity contribution in [3.05, 3.63) is 48.1 Å². The lowest BCUT2D eigenvalue weighted by Crippen LogP contribution is -2.41. The Kier molecular flexibility index (Phi) is 6.13. The molecule has 0 bridgehead atoms. The fourth-order valence-electron chi connectivity index (χ4n) is 2.71. The smallest absolute Gasteiger partial charge is 0.193 e. The minimum Gasteiger partial charge on any atom is -0.353 e. The molecule has 1 N–H and O–H groups in total. The molecule has 5 heteroatoms. The van der Waals surface area contributed by atoms with Gasteiger partial charge in [0.25, 0.3) is 0 Å². The molecule has 1 aromatic rings. The molecule has 0 radical (unpaired) electrons. The molecule has 1 fully saturated rings. The van der Waals surface area contributed by atoms with Crippen molar-refractivity contribution in [2.75, 3.05) is 20.1 Å². The van der Waals surface area contributed by atoms with Crippen LogP contribution in [0.4, 0.5) is 8.78 Å². The Bertz CT molecular complexity index is 551. The highest BCUT2D eigenvalue weighted by Gasteiger charge is 2.42. The highest BCUT2D eigenvalue weighted by molar-refractivity contribution is 5.80. The highest BCUT2D eigenvalue weighted by Crippen LogP contribution is 2.43. The first kappa shape index (κ1) is 17.4. The van der Waals surface area contributed by atoms with Gasteiger partial charge in [-0.1, -0.05) is 12.1 Å². The van der Waals surface area contributed by atoms with Crippen molar-refractivity contribution in [3.63, 3.8) is 0 Å². The summed E-state index contributed by atoms with van der Waals surface area (Å²) in [5.74, 6) is -0.263. The van der Waals surface area contributed by atoms with Gasteiger partial charge in [-0.3, -0.25) is 4.99 Å². The Balaban J connectivity index is 1.98. The summed E-state index contributed by atoms with van der Waals surface area (Å²) in [5, 5.41) is 3.34. The summed E-state index contributed by atoms with van der Waals surface area (Å²) in [4.78, 5) is 6.53. The summed E-state index contributed by atoms with van der Waals surface area (Å²) in [6.07, 6.45) is 4.58. The van der Waals surface area contributed by atoms with Crippen molar-refractivity contribution in [2.45, 2.75) is 38.1 Å². The Morgan fingerprint density at radius 1 is 1.43 bits per heavy atom. The summed E-state index contributed by atoms with van der Waals surface area (Å²) in [7, 11) is 1.98. The summed E-state index contributed by atoms with van der Waals surface area (Å²) in [5.41, 5.74) is 0.190. The second-order valence-electron chi connectivity index (χ2n) is 5.88. The standard InChI is InChI=1S/C18H25F2N3/c1-4-6-7-11-23(3)18(21-5-2)22-16-12-13(16)17-14(19)9-8-10-15(17)20/h4,8-10,13,16H,1,5-7,11-12H2,2-3H3,(H,21,22). The second kappa shape index (κ2) is 8.09. The van der Waals surface area contributed by atoms with Gasteiger partial charge in [0.1, 0.15) is 11.6 Å². The van der Waals surface area contributed by atoms with E-state index < -0.39 is 11.6 Å². The van der Waals surface area contributed by atoms with Crippen LogP contribution in [-0.2, 0) is 0 Å². The molecule has 1 saturated carbocycles. The van der Waals surface area contributed by atoms with Crippen molar-refractivity contribution in [3.8, 4) is 0 Å². The van der Waals surface area contributed by atoms with E-state index in [1.165, 1.54) is 18.2 Å². The van der Waals surface area contributed by atoms with Gasteiger partial charge in [-0.05, 0) is 38.3 Å². The predicted octanol–water partition coefficient (Wildman–Crippen LogP) is 3.68. The Hall–Kier alpha value is -1.91. The maximum Gasteiger partial charge on any atom is 0.193 e. The average Bonchev–Trinajstić information content (AvgIpc) is 3.25. The van der Waals surface area contributed by atoms with Crippen LogP contribution >= 0.6 is 0 Å². The first-order valence-electron chi connectivity index (χ1n) is 8.15. The van der Waals surface area contributed by atoms with Crippen LogP contribution < -0.4 is 5.32 Å². The largest absolute Gasteiger partial charge is 0.353 e. The van der Waals surface area contributed by atoms with Gasteiger partial charge in [-0.2, -0.15) is 0 Å². The normalized spacial score (nSPS) is 20.3. The van der Waals surface area contributed by atoms with E-state index in [2.05, 4.69) is 21.8 Å². The monoisotopic (exact) mass is 321 g/mol. The van der Waals surface area contributed by atoms with Crippen LogP contribution in [0, 0.1) is 11.6 Å². The number of aliphatic imine (C=N–C) groups is 1. The highest BCUT2D eigenvalue weighted by atomic mass is 19.1. The number of guanidine groups is 1. The first-order chi connectivity index (χ1) is 11.1. The molecule has 1 aliphatic carbocycles.